The summed E-state index contributed by atoms with van der Waals surface area (Å²) in [5.41, 5.74) is -0.276. The highest BCUT2D eigenvalue weighted by molar-refractivity contribution is 6.08. The van der Waals surface area contributed by atoms with E-state index in [-0.39, 0.29) is 12.1 Å². The lowest BCUT2D eigenvalue weighted by atomic mass is 9.87. The van der Waals surface area contributed by atoms with E-state index in [2.05, 4.69) is 5.32 Å². The maximum absolute atomic E-state index is 13.8. The third-order valence-corrected chi connectivity index (χ3v) is 4.32. The molecule has 2 aromatic rings. The molecule has 0 saturated carbocycles. The van der Waals surface area contributed by atoms with Gasteiger partial charge in [-0.05, 0) is 29.8 Å². The lowest BCUT2D eigenvalue weighted by Crippen LogP contribution is -2.33. The maximum atomic E-state index is 13.8. The van der Waals surface area contributed by atoms with E-state index in [1.807, 2.05) is 0 Å². The molecule has 0 aliphatic carbocycles. The number of anilines is 1. The largest absolute Gasteiger partial charge is 0.344 e. The van der Waals surface area contributed by atoms with Crippen molar-refractivity contribution < 1.29 is 27.2 Å². The molecule has 8 heteroatoms. The summed E-state index contributed by atoms with van der Waals surface area (Å²) in [7, 11) is 1.45. The van der Waals surface area contributed by atoms with E-state index in [0.29, 0.717) is 6.07 Å². The molecule has 0 spiro atoms. The van der Waals surface area contributed by atoms with Crippen LogP contribution in [0.3, 0.4) is 0 Å². The Balaban J connectivity index is 1.93. The molecule has 1 heterocycles. The van der Waals surface area contributed by atoms with E-state index in [9.17, 15) is 27.2 Å². The smallest absolute Gasteiger partial charge is 0.237 e. The number of nitrogens with one attached hydrogen (secondary N) is 1. The van der Waals surface area contributed by atoms with E-state index in [0.717, 1.165) is 24.3 Å². The number of hydrogen-bond acceptors (Lipinski definition) is 2. The second-order valence-electron chi connectivity index (χ2n) is 6.10. The van der Waals surface area contributed by atoms with Crippen molar-refractivity contribution in [1.29, 1.82) is 0 Å². The minimum absolute atomic E-state index is 0.0610. The van der Waals surface area contributed by atoms with Crippen molar-refractivity contribution in [1.82, 2.24) is 4.90 Å². The van der Waals surface area contributed by atoms with Crippen LogP contribution in [0.1, 0.15) is 11.5 Å². The van der Waals surface area contributed by atoms with E-state index in [1.54, 1.807) is 0 Å². The minimum atomic E-state index is -1.32. The Bertz CT molecular complexity index is 867. The predicted octanol–water partition coefficient (Wildman–Crippen LogP) is 3.05. The van der Waals surface area contributed by atoms with Gasteiger partial charge in [0.05, 0.1) is 5.69 Å². The van der Waals surface area contributed by atoms with Gasteiger partial charge in [-0.3, -0.25) is 9.59 Å². The fourth-order valence-corrected chi connectivity index (χ4v) is 3.09. The SMILES string of the molecule is CN1CC(c2cc(F)cc(F)c2)C(C(=O)Nc2cccc(F)c2F)C1=O. The van der Waals surface area contributed by atoms with Gasteiger partial charge in [0, 0.05) is 25.6 Å². The number of benzene rings is 2. The van der Waals surface area contributed by atoms with E-state index >= 15 is 0 Å². The first-order valence-corrected chi connectivity index (χ1v) is 7.73. The number of rotatable bonds is 3. The molecule has 1 fully saturated rings. The molecule has 0 bridgehead atoms. The second kappa shape index (κ2) is 6.78. The fraction of sp³-hybridized carbons (Fsp3) is 0.222. The van der Waals surface area contributed by atoms with Crippen molar-refractivity contribution in [2.75, 3.05) is 18.9 Å². The van der Waals surface area contributed by atoms with Crippen LogP contribution in [0.25, 0.3) is 0 Å². The Morgan fingerprint density at radius 3 is 2.42 bits per heavy atom. The van der Waals surface area contributed by atoms with Gasteiger partial charge in [0.15, 0.2) is 11.6 Å². The molecule has 26 heavy (non-hydrogen) atoms. The third kappa shape index (κ3) is 3.26. The first-order valence-electron chi connectivity index (χ1n) is 7.73. The quantitative estimate of drug-likeness (QED) is 0.671. The molecule has 1 N–H and O–H groups in total. The summed E-state index contributed by atoms with van der Waals surface area (Å²) in [5.74, 6) is -7.67. The van der Waals surface area contributed by atoms with E-state index in [1.165, 1.54) is 18.0 Å². The maximum Gasteiger partial charge on any atom is 0.237 e. The molecule has 2 aromatic carbocycles. The van der Waals surface area contributed by atoms with E-state index in [4.69, 9.17) is 0 Å². The zero-order valence-electron chi connectivity index (χ0n) is 13.6. The molecule has 2 amide bonds. The molecule has 3 rings (SSSR count). The zero-order valence-corrected chi connectivity index (χ0v) is 13.6. The van der Waals surface area contributed by atoms with Gasteiger partial charge in [-0.25, -0.2) is 17.6 Å². The fourth-order valence-electron chi connectivity index (χ4n) is 3.09. The lowest BCUT2D eigenvalue weighted by molar-refractivity contribution is -0.135. The van der Waals surface area contributed by atoms with Gasteiger partial charge >= 0.3 is 0 Å². The molecule has 2 atom stereocenters. The van der Waals surface area contributed by atoms with Crippen molar-refractivity contribution >= 4 is 17.5 Å². The predicted molar refractivity (Wildman–Crippen MR) is 85.2 cm³/mol. The number of hydrogen-bond donors (Lipinski definition) is 1. The number of halogens is 4. The normalized spacial score (nSPS) is 19.7. The summed E-state index contributed by atoms with van der Waals surface area (Å²) in [6, 6.07) is 6.01. The number of carbonyl (C=O) groups excluding carboxylic acids is 2. The molecule has 0 aromatic heterocycles. The lowest BCUT2D eigenvalue weighted by Gasteiger charge is -2.17. The van der Waals surface area contributed by atoms with Crippen molar-refractivity contribution in [2.45, 2.75) is 5.92 Å². The van der Waals surface area contributed by atoms with Gasteiger partial charge in [-0.1, -0.05) is 6.07 Å². The summed E-state index contributed by atoms with van der Waals surface area (Å²) >= 11 is 0. The van der Waals surface area contributed by atoms with Crippen LogP contribution in [0.5, 0.6) is 0 Å². The zero-order chi connectivity index (χ0) is 19.0. The van der Waals surface area contributed by atoms with Gasteiger partial charge in [0.2, 0.25) is 11.8 Å². The van der Waals surface area contributed by atoms with Crippen LogP contribution in [0.2, 0.25) is 0 Å². The number of carbonyl (C=O) groups is 2. The number of likely N-dealkylation sites (N-methyl/N-ethyl adjacent to an activating group) is 1. The number of amides is 2. The summed E-state index contributed by atoms with van der Waals surface area (Å²) in [5, 5.41) is 2.18. The number of likely N-dealkylation sites (tertiary alicyclic amines) is 1. The van der Waals surface area contributed by atoms with Crippen molar-refractivity contribution in [3.05, 3.63) is 65.2 Å². The molecule has 4 nitrogen and oxygen atoms in total. The van der Waals surface area contributed by atoms with Gasteiger partial charge in [-0.2, -0.15) is 0 Å². The average Bonchev–Trinajstić information content (AvgIpc) is 2.86. The summed E-state index contributed by atoms with van der Waals surface area (Å²) < 4.78 is 54.1. The molecule has 1 aliphatic heterocycles. The van der Waals surface area contributed by atoms with Crippen LogP contribution >= 0.6 is 0 Å². The highest BCUT2D eigenvalue weighted by Gasteiger charge is 2.44. The van der Waals surface area contributed by atoms with E-state index < -0.39 is 52.6 Å². The minimum Gasteiger partial charge on any atom is -0.344 e. The van der Waals surface area contributed by atoms with Crippen LogP contribution in [-0.2, 0) is 9.59 Å². The Morgan fingerprint density at radius 1 is 1.12 bits per heavy atom. The van der Waals surface area contributed by atoms with Crippen molar-refractivity contribution in [2.24, 2.45) is 5.92 Å². The Labute approximate surface area is 146 Å². The second-order valence-corrected chi connectivity index (χ2v) is 6.10. The van der Waals surface area contributed by atoms with Crippen LogP contribution in [0, 0.1) is 29.2 Å². The topological polar surface area (TPSA) is 49.4 Å². The van der Waals surface area contributed by atoms with Crippen LogP contribution < -0.4 is 5.32 Å². The average molecular weight is 366 g/mol. The van der Waals surface area contributed by atoms with Crippen LogP contribution in [0.4, 0.5) is 23.2 Å². The highest BCUT2D eigenvalue weighted by Crippen LogP contribution is 2.35. The summed E-state index contributed by atoms with van der Waals surface area (Å²) in [4.78, 5) is 26.2. The first kappa shape index (κ1) is 17.9. The molecule has 2 unspecified atom stereocenters. The molecule has 0 radical (unpaired) electrons. The Kier molecular flexibility index (Phi) is 4.67. The van der Waals surface area contributed by atoms with Gasteiger partial charge < -0.3 is 10.2 Å². The summed E-state index contributed by atoms with van der Waals surface area (Å²) in [6.45, 7) is 0.0610. The molecule has 1 saturated heterocycles. The standard InChI is InChI=1S/C18H14F4N2O2/c1-24-8-12(9-5-10(19)7-11(20)6-9)15(18(24)26)17(25)23-14-4-2-3-13(21)16(14)22/h2-7,12,15H,8H2,1H3,(H,23,25). The van der Waals surface area contributed by atoms with Gasteiger partial charge in [0.1, 0.15) is 17.6 Å². The van der Waals surface area contributed by atoms with Crippen molar-refractivity contribution in [3.63, 3.8) is 0 Å². The van der Waals surface area contributed by atoms with Crippen molar-refractivity contribution in [3.8, 4) is 0 Å². The Hall–Kier alpha value is -2.90. The first-order chi connectivity index (χ1) is 12.3. The highest BCUT2D eigenvalue weighted by atomic mass is 19.2. The molecule has 136 valence electrons. The van der Waals surface area contributed by atoms with Crippen LogP contribution in [0.15, 0.2) is 36.4 Å². The van der Waals surface area contributed by atoms with Crippen LogP contribution in [-0.4, -0.2) is 30.3 Å². The molecular formula is C18H14F4N2O2. The monoisotopic (exact) mass is 366 g/mol. The third-order valence-electron chi connectivity index (χ3n) is 4.32. The van der Waals surface area contributed by atoms with Gasteiger partial charge in [-0.15, -0.1) is 0 Å². The van der Waals surface area contributed by atoms with Gasteiger partial charge in [0.25, 0.3) is 0 Å². The Morgan fingerprint density at radius 2 is 1.77 bits per heavy atom. The number of nitrogens with zero attached hydrogens (tertiary/aromatic N) is 1. The molecule has 1 aliphatic rings. The summed E-state index contributed by atoms with van der Waals surface area (Å²) in [6.07, 6.45) is 0. The molecular weight excluding hydrogens is 352 g/mol.